The quantitative estimate of drug-likeness (QED) is 0.744. The van der Waals surface area contributed by atoms with Crippen molar-refractivity contribution in [3.05, 3.63) is 35.1 Å². The summed E-state index contributed by atoms with van der Waals surface area (Å²) in [7, 11) is 0. The zero-order valence-electron chi connectivity index (χ0n) is 9.64. The molecular weight excluding hydrogens is 207 g/mol. The third-order valence-electron chi connectivity index (χ3n) is 2.21. The van der Waals surface area contributed by atoms with Crippen LogP contribution in [0.1, 0.15) is 22.8 Å². The molecule has 0 aromatic heterocycles. The van der Waals surface area contributed by atoms with Crippen LogP contribution in [-0.2, 0) is 0 Å². The molecule has 0 unspecified atom stereocenters. The van der Waals surface area contributed by atoms with E-state index in [0.717, 1.165) is 12.1 Å². The number of aryl methyl sites for hydroxylation is 1. The second-order valence-corrected chi connectivity index (χ2v) is 3.59. The van der Waals surface area contributed by atoms with E-state index in [4.69, 9.17) is 0 Å². The highest BCUT2D eigenvalue weighted by molar-refractivity contribution is 5.94. The van der Waals surface area contributed by atoms with Crippen molar-refractivity contribution < 1.29 is 9.18 Å². The van der Waals surface area contributed by atoms with Crippen LogP contribution in [-0.4, -0.2) is 25.5 Å². The van der Waals surface area contributed by atoms with Crippen LogP contribution >= 0.6 is 0 Å². The molecule has 0 heterocycles. The third kappa shape index (κ3) is 3.62. The van der Waals surface area contributed by atoms with Crippen molar-refractivity contribution >= 4 is 5.91 Å². The first-order valence-corrected chi connectivity index (χ1v) is 5.40. The SMILES string of the molecule is CCNCCNC(=O)c1ccc(C)cc1F. The zero-order valence-corrected chi connectivity index (χ0v) is 9.64. The van der Waals surface area contributed by atoms with E-state index in [0.29, 0.717) is 13.1 Å². The van der Waals surface area contributed by atoms with Crippen LogP contribution in [0.3, 0.4) is 0 Å². The molecule has 88 valence electrons. The van der Waals surface area contributed by atoms with Crippen LogP contribution in [0.5, 0.6) is 0 Å². The maximum atomic E-state index is 13.4. The normalized spacial score (nSPS) is 10.2. The summed E-state index contributed by atoms with van der Waals surface area (Å²) in [6.07, 6.45) is 0. The van der Waals surface area contributed by atoms with Crippen molar-refractivity contribution in [3.63, 3.8) is 0 Å². The average molecular weight is 224 g/mol. The Hall–Kier alpha value is -1.42. The molecule has 2 N–H and O–H groups in total. The van der Waals surface area contributed by atoms with Gasteiger partial charge in [-0.05, 0) is 31.2 Å². The fraction of sp³-hybridized carbons (Fsp3) is 0.417. The Morgan fingerprint density at radius 1 is 1.38 bits per heavy atom. The molecule has 0 radical (unpaired) electrons. The van der Waals surface area contributed by atoms with Gasteiger partial charge in [-0.25, -0.2) is 4.39 Å². The number of amides is 1. The summed E-state index contributed by atoms with van der Waals surface area (Å²) in [6.45, 7) is 5.82. The lowest BCUT2D eigenvalue weighted by molar-refractivity contribution is 0.0950. The fourth-order valence-corrected chi connectivity index (χ4v) is 1.34. The number of hydrogen-bond donors (Lipinski definition) is 2. The maximum Gasteiger partial charge on any atom is 0.254 e. The van der Waals surface area contributed by atoms with Gasteiger partial charge in [0.2, 0.25) is 0 Å². The van der Waals surface area contributed by atoms with Gasteiger partial charge in [0, 0.05) is 13.1 Å². The highest BCUT2D eigenvalue weighted by atomic mass is 19.1. The molecule has 0 aliphatic heterocycles. The zero-order chi connectivity index (χ0) is 12.0. The molecule has 1 aromatic rings. The van der Waals surface area contributed by atoms with Crippen molar-refractivity contribution in [2.24, 2.45) is 0 Å². The molecule has 1 amide bonds. The molecule has 0 atom stereocenters. The van der Waals surface area contributed by atoms with Gasteiger partial charge in [-0.2, -0.15) is 0 Å². The van der Waals surface area contributed by atoms with Gasteiger partial charge < -0.3 is 10.6 Å². The molecule has 16 heavy (non-hydrogen) atoms. The number of likely N-dealkylation sites (N-methyl/N-ethyl adjacent to an activating group) is 1. The lowest BCUT2D eigenvalue weighted by Crippen LogP contribution is -2.32. The second-order valence-electron chi connectivity index (χ2n) is 3.59. The van der Waals surface area contributed by atoms with E-state index in [1.807, 2.05) is 6.92 Å². The summed E-state index contributed by atoms with van der Waals surface area (Å²) in [6, 6.07) is 4.59. The predicted molar refractivity (Wildman–Crippen MR) is 62.0 cm³/mol. The second kappa shape index (κ2) is 6.23. The fourth-order valence-electron chi connectivity index (χ4n) is 1.34. The van der Waals surface area contributed by atoms with Crippen LogP contribution in [0.2, 0.25) is 0 Å². The largest absolute Gasteiger partial charge is 0.351 e. The lowest BCUT2D eigenvalue weighted by atomic mass is 10.1. The van der Waals surface area contributed by atoms with Crippen molar-refractivity contribution in [2.45, 2.75) is 13.8 Å². The molecule has 4 heteroatoms. The summed E-state index contributed by atoms with van der Waals surface area (Å²) in [5.41, 5.74) is 0.906. The van der Waals surface area contributed by atoms with Gasteiger partial charge in [0.25, 0.3) is 5.91 Å². The summed E-state index contributed by atoms with van der Waals surface area (Å²) >= 11 is 0. The van der Waals surface area contributed by atoms with Crippen LogP contribution < -0.4 is 10.6 Å². The minimum Gasteiger partial charge on any atom is -0.351 e. The molecule has 0 fully saturated rings. The first-order chi connectivity index (χ1) is 7.65. The van der Waals surface area contributed by atoms with Gasteiger partial charge >= 0.3 is 0 Å². The van der Waals surface area contributed by atoms with Crippen molar-refractivity contribution in [2.75, 3.05) is 19.6 Å². The van der Waals surface area contributed by atoms with E-state index in [1.165, 1.54) is 12.1 Å². The van der Waals surface area contributed by atoms with Gasteiger partial charge in [-0.15, -0.1) is 0 Å². The Labute approximate surface area is 95.0 Å². The molecule has 0 aliphatic carbocycles. The van der Waals surface area contributed by atoms with Crippen LogP contribution in [0.4, 0.5) is 4.39 Å². The van der Waals surface area contributed by atoms with E-state index in [9.17, 15) is 9.18 Å². The van der Waals surface area contributed by atoms with Crippen molar-refractivity contribution in [1.29, 1.82) is 0 Å². The molecule has 0 saturated carbocycles. The number of hydrogen-bond acceptors (Lipinski definition) is 2. The van der Waals surface area contributed by atoms with E-state index >= 15 is 0 Å². The lowest BCUT2D eigenvalue weighted by Gasteiger charge is -2.06. The minimum absolute atomic E-state index is 0.0992. The first kappa shape index (κ1) is 12.6. The van der Waals surface area contributed by atoms with Crippen molar-refractivity contribution in [3.8, 4) is 0 Å². The molecule has 1 rings (SSSR count). The monoisotopic (exact) mass is 224 g/mol. The Morgan fingerprint density at radius 2 is 2.12 bits per heavy atom. The van der Waals surface area contributed by atoms with Crippen LogP contribution in [0.15, 0.2) is 18.2 Å². The number of benzene rings is 1. The van der Waals surface area contributed by atoms with E-state index in [-0.39, 0.29) is 11.5 Å². The van der Waals surface area contributed by atoms with Gasteiger partial charge in [0.1, 0.15) is 5.82 Å². The van der Waals surface area contributed by atoms with E-state index in [2.05, 4.69) is 10.6 Å². The standard InChI is InChI=1S/C12H17FN2O/c1-3-14-6-7-15-12(16)10-5-4-9(2)8-11(10)13/h4-5,8,14H,3,6-7H2,1-2H3,(H,15,16). The predicted octanol–water partition coefficient (Wildman–Crippen LogP) is 1.47. The Bertz CT molecular complexity index is 366. The van der Waals surface area contributed by atoms with Crippen molar-refractivity contribution in [1.82, 2.24) is 10.6 Å². The highest BCUT2D eigenvalue weighted by Crippen LogP contribution is 2.09. The topological polar surface area (TPSA) is 41.1 Å². The smallest absolute Gasteiger partial charge is 0.254 e. The molecule has 3 nitrogen and oxygen atoms in total. The number of carbonyl (C=O) groups is 1. The first-order valence-electron chi connectivity index (χ1n) is 5.40. The number of nitrogens with one attached hydrogen (secondary N) is 2. The summed E-state index contributed by atoms with van der Waals surface area (Å²) in [4.78, 5) is 11.6. The van der Waals surface area contributed by atoms with Gasteiger partial charge in [-0.1, -0.05) is 13.0 Å². The Balaban J connectivity index is 2.53. The molecule has 1 aromatic carbocycles. The third-order valence-corrected chi connectivity index (χ3v) is 2.21. The number of rotatable bonds is 5. The molecule has 0 saturated heterocycles. The van der Waals surface area contributed by atoms with Gasteiger partial charge in [-0.3, -0.25) is 4.79 Å². The summed E-state index contributed by atoms with van der Waals surface area (Å²) < 4.78 is 13.4. The molecule has 0 spiro atoms. The molecule has 0 aliphatic rings. The number of halogens is 1. The minimum atomic E-state index is -0.471. The van der Waals surface area contributed by atoms with Gasteiger partial charge in [0.15, 0.2) is 0 Å². The highest BCUT2D eigenvalue weighted by Gasteiger charge is 2.10. The molecular formula is C12H17FN2O. The van der Waals surface area contributed by atoms with E-state index < -0.39 is 5.82 Å². The van der Waals surface area contributed by atoms with Gasteiger partial charge in [0.05, 0.1) is 5.56 Å². The van der Waals surface area contributed by atoms with E-state index in [1.54, 1.807) is 13.0 Å². The summed E-state index contributed by atoms with van der Waals surface area (Å²) in [5, 5.41) is 5.72. The Morgan fingerprint density at radius 3 is 2.75 bits per heavy atom. The Kier molecular flexibility index (Phi) is 4.92. The van der Waals surface area contributed by atoms with Crippen LogP contribution in [0, 0.1) is 12.7 Å². The van der Waals surface area contributed by atoms with Crippen LogP contribution in [0.25, 0.3) is 0 Å². The average Bonchev–Trinajstić information content (AvgIpc) is 2.24. The summed E-state index contributed by atoms with van der Waals surface area (Å²) in [5.74, 6) is -0.837. The number of carbonyl (C=O) groups excluding carboxylic acids is 1. The maximum absolute atomic E-state index is 13.4. The molecule has 0 bridgehead atoms.